The number of methoxy groups -OCH3 is 1. The molecule has 204 valence electrons. The molecule has 9 heteroatoms. The average Bonchev–Trinajstić information content (AvgIpc) is 2.88. The van der Waals surface area contributed by atoms with Crippen LogP contribution in [0.3, 0.4) is 0 Å². The van der Waals surface area contributed by atoms with Gasteiger partial charge < -0.3 is 43.0 Å². The van der Waals surface area contributed by atoms with Crippen LogP contribution < -0.4 is 4.74 Å². The molecule has 0 saturated heterocycles. The van der Waals surface area contributed by atoms with Crippen LogP contribution in [-0.4, -0.2) is 105 Å². The number of hydrogen-bond donors (Lipinski definition) is 1. The molecule has 0 aliphatic heterocycles. The highest BCUT2D eigenvalue weighted by atomic mass is 16.6. The normalized spacial score (nSPS) is 11.3. The van der Waals surface area contributed by atoms with E-state index in [1.165, 1.54) is 5.56 Å². The number of ether oxygens (including phenoxy) is 8. The Labute approximate surface area is 210 Å². The summed E-state index contributed by atoms with van der Waals surface area (Å²) < 4.78 is 43.2. The van der Waals surface area contributed by atoms with E-state index in [1.807, 2.05) is 12.1 Å². The Morgan fingerprint density at radius 1 is 0.629 bits per heavy atom. The fourth-order valence-corrected chi connectivity index (χ4v) is 2.99. The van der Waals surface area contributed by atoms with E-state index in [1.54, 1.807) is 7.11 Å². The number of aryl methyl sites for hydroxylation is 1. The van der Waals surface area contributed by atoms with Crippen molar-refractivity contribution in [2.24, 2.45) is 0 Å². The van der Waals surface area contributed by atoms with Crippen LogP contribution in [0.1, 0.15) is 30.9 Å². The van der Waals surface area contributed by atoms with Crippen molar-refractivity contribution in [1.29, 1.82) is 0 Å². The van der Waals surface area contributed by atoms with Gasteiger partial charge >= 0.3 is 0 Å². The van der Waals surface area contributed by atoms with E-state index in [0.29, 0.717) is 98.2 Å². The van der Waals surface area contributed by atoms with Crippen LogP contribution in [0, 0.1) is 0 Å². The van der Waals surface area contributed by atoms with Crippen molar-refractivity contribution in [1.82, 2.24) is 0 Å². The standard InChI is InChI=1S/C26H46O9/c1-3-4-5-24-6-7-26(25(22-24)23-27)35-21-20-34-19-18-33-17-16-32-15-14-31-13-12-30-11-10-29-9-8-28-2/h6-7,22,27H,3-5,8-21,23H2,1-2H3. The third-order valence-corrected chi connectivity index (χ3v) is 4.89. The molecule has 1 aromatic carbocycles. The van der Waals surface area contributed by atoms with Crippen LogP contribution in [0.15, 0.2) is 18.2 Å². The summed E-state index contributed by atoms with van der Waals surface area (Å²) >= 11 is 0. The molecule has 0 atom stereocenters. The highest BCUT2D eigenvalue weighted by Crippen LogP contribution is 2.21. The van der Waals surface area contributed by atoms with Crippen LogP contribution in [0.4, 0.5) is 0 Å². The summed E-state index contributed by atoms with van der Waals surface area (Å²) in [5, 5.41) is 9.58. The third-order valence-electron chi connectivity index (χ3n) is 4.89. The molecule has 0 bridgehead atoms. The van der Waals surface area contributed by atoms with Gasteiger partial charge in [0.15, 0.2) is 0 Å². The first kappa shape index (κ1) is 31.7. The number of rotatable bonds is 26. The van der Waals surface area contributed by atoms with Crippen LogP contribution in [0.25, 0.3) is 0 Å². The van der Waals surface area contributed by atoms with Gasteiger partial charge in [0.25, 0.3) is 0 Å². The van der Waals surface area contributed by atoms with E-state index in [-0.39, 0.29) is 6.61 Å². The van der Waals surface area contributed by atoms with E-state index in [4.69, 9.17) is 37.9 Å². The second kappa shape index (κ2) is 24.4. The number of aliphatic hydroxyl groups is 1. The van der Waals surface area contributed by atoms with Gasteiger partial charge in [-0.25, -0.2) is 0 Å². The summed E-state index contributed by atoms with van der Waals surface area (Å²) in [7, 11) is 1.65. The molecule has 0 heterocycles. The van der Waals surface area contributed by atoms with E-state index >= 15 is 0 Å². The average molecular weight is 503 g/mol. The number of hydrogen-bond acceptors (Lipinski definition) is 9. The van der Waals surface area contributed by atoms with E-state index in [0.717, 1.165) is 24.8 Å². The summed E-state index contributed by atoms with van der Waals surface area (Å²) in [4.78, 5) is 0. The molecule has 1 N–H and O–H groups in total. The van der Waals surface area contributed by atoms with Crippen molar-refractivity contribution in [3.63, 3.8) is 0 Å². The van der Waals surface area contributed by atoms with Crippen molar-refractivity contribution in [3.8, 4) is 5.75 Å². The van der Waals surface area contributed by atoms with Crippen molar-refractivity contribution in [2.75, 3.05) is 99.6 Å². The summed E-state index contributed by atoms with van der Waals surface area (Å²) in [6.45, 7) is 9.46. The lowest BCUT2D eigenvalue weighted by Crippen LogP contribution is -2.15. The number of benzene rings is 1. The highest BCUT2D eigenvalue weighted by Gasteiger charge is 2.05. The Morgan fingerprint density at radius 3 is 1.51 bits per heavy atom. The molecule has 1 aromatic rings. The van der Waals surface area contributed by atoms with Gasteiger partial charge in [-0.1, -0.05) is 19.4 Å². The fourth-order valence-electron chi connectivity index (χ4n) is 2.99. The Balaban J connectivity index is 1.83. The minimum absolute atomic E-state index is 0.0293. The molecule has 0 amide bonds. The maximum atomic E-state index is 9.58. The molecule has 0 unspecified atom stereocenters. The van der Waals surface area contributed by atoms with Crippen molar-refractivity contribution in [3.05, 3.63) is 29.3 Å². The first-order chi connectivity index (χ1) is 17.3. The molecule has 0 radical (unpaired) electrons. The van der Waals surface area contributed by atoms with E-state index < -0.39 is 0 Å². The molecule has 1 rings (SSSR count). The first-order valence-corrected chi connectivity index (χ1v) is 12.6. The lowest BCUT2D eigenvalue weighted by Gasteiger charge is -2.12. The van der Waals surface area contributed by atoms with E-state index in [9.17, 15) is 5.11 Å². The summed E-state index contributed by atoms with van der Waals surface area (Å²) in [5.41, 5.74) is 2.05. The first-order valence-electron chi connectivity index (χ1n) is 12.6. The number of unbranched alkanes of at least 4 members (excludes halogenated alkanes) is 1. The molecule has 9 nitrogen and oxygen atoms in total. The summed E-state index contributed by atoms with van der Waals surface area (Å²) in [5.74, 6) is 0.713. The van der Waals surface area contributed by atoms with Gasteiger partial charge in [0, 0.05) is 12.7 Å². The minimum Gasteiger partial charge on any atom is -0.491 e. The molecule has 0 aliphatic rings. The zero-order chi connectivity index (χ0) is 25.2. The zero-order valence-electron chi connectivity index (χ0n) is 21.7. The second-order valence-electron chi connectivity index (χ2n) is 7.72. The van der Waals surface area contributed by atoms with Crippen molar-refractivity contribution >= 4 is 0 Å². The molecule has 0 aromatic heterocycles. The van der Waals surface area contributed by atoms with Crippen LogP contribution in [0.2, 0.25) is 0 Å². The summed E-state index contributed by atoms with van der Waals surface area (Å²) in [6.07, 6.45) is 3.32. The molecule has 0 spiro atoms. The molecule has 0 fully saturated rings. The zero-order valence-corrected chi connectivity index (χ0v) is 21.7. The Morgan fingerprint density at radius 2 is 1.09 bits per heavy atom. The largest absolute Gasteiger partial charge is 0.491 e. The maximum Gasteiger partial charge on any atom is 0.124 e. The third kappa shape index (κ3) is 18.6. The summed E-state index contributed by atoms with van der Waals surface area (Å²) in [6, 6.07) is 6.01. The van der Waals surface area contributed by atoms with Crippen LogP contribution in [-0.2, 0) is 46.2 Å². The molecule has 0 saturated carbocycles. The predicted molar refractivity (Wildman–Crippen MR) is 133 cm³/mol. The predicted octanol–water partition coefficient (Wildman–Crippen LogP) is 2.65. The Kier molecular flexibility index (Phi) is 22.1. The quantitative estimate of drug-likeness (QED) is 0.192. The lowest BCUT2D eigenvalue weighted by molar-refractivity contribution is -0.0199. The topological polar surface area (TPSA) is 94.1 Å². The van der Waals surface area contributed by atoms with Gasteiger partial charge in [-0.3, -0.25) is 0 Å². The molecule has 0 aliphatic carbocycles. The van der Waals surface area contributed by atoms with Crippen molar-refractivity contribution < 1.29 is 43.0 Å². The minimum atomic E-state index is -0.0293. The second-order valence-corrected chi connectivity index (χ2v) is 7.72. The van der Waals surface area contributed by atoms with Crippen molar-refractivity contribution in [2.45, 2.75) is 32.8 Å². The van der Waals surface area contributed by atoms with Crippen LogP contribution in [0.5, 0.6) is 5.75 Å². The SMILES string of the molecule is CCCCc1ccc(OCCOCCOCCOCCOCCOCCOCCOC)c(CO)c1. The lowest BCUT2D eigenvalue weighted by atomic mass is 10.1. The van der Waals surface area contributed by atoms with Crippen LogP contribution >= 0.6 is 0 Å². The fraction of sp³-hybridized carbons (Fsp3) is 0.769. The monoisotopic (exact) mass is 502 g/mol. The maximum absolute atomic E-state index is 9.58. The Bertz CT molecular complexity index is 586. The van der Waals surface area contributed by atoms with E-state index in [2.05, 4.69) is 13.0 Å². The van der Waals surface area contributed by atoms with Gasteiger partial charge in [-0.15, -0.1) is 0 Å². The van der Waals surface area contributed by atoms with Gasteiger partial charge in [-0.05, 0) is 30.5 Å². The molecule has 35 heavy (non-hydrogen) atoms. The molecular weight excluding hydrogens is 456 g/mol. The smallest absolute Gasteiger partial charge is 0.124 e. The highest BCUT2D eigenvalue weighted by molar-refractivity contribution is 5.37. The Hall–Kier alpha value is -1.30. The van der Waals surface area contributed by atoms with Gasteiger partial charge in [0.1, 0.15) is 12.4 Å². The van der Waals surface area contributed by atoms with Gasteiger partial charge in [0.05, 0.1) is 92.5 Å². The van der Waals surface area contributed by atoms with Gasteiger partial charge in [-0.2, -0.15) is 0 Å². The number of aliphatic hydroxyl groups excluding tert-OH is 1. The van der Waals surface area contributed by atoms with Gasteiger partial charge in [0.2, 0.25) is 0 Å². The molecular formula is C26H46O9.